The Labute approximate surface area is 129 Å². The number of amides is 4. The molecule has 130 valence electrons. The number of hydrogen-bond donors (Lipinski definition) is 4. The molecule has 0 aliphatic heterocycles. The third kappa shape index (κ3) is 15.3. The van der Waals surface area contributed by atoms with Crippen LogP contribution in [0.1, 0.15) is 21.8 Å². The van der Waals surface area contributed by atoms with Crippen LogP contribution in [-0.4, -0.2) is 51.4 Å². The highest BCUT2D eigenvalue weighted by molar-refractivity contribution is 5.74. The molecule has 0 aliphatic rings. The zero-order chi connectivity index (χ0) is 15.4. The number of rotatable bonds is 6. The molecule has 0 rings (SSSR count). The Bertz CT molecular complexity index is 362. The van der Waals surface area contributed by atoms with E-state index in [0.29, 0.717) is 0 Å². The molecule has 0 aliphatic carbocycles. The van der Waals surface area contributed by atoms with Crippen molar-refractivity contribution in [3.63, 3.8) is 0 Å². The van der Waals surface area contributed by atoms with Gasteiger partial charge in [0.1, 0.15) is 0 Å². The fourth-order valence-corrected chi connectivity index (χ4v) is 0.740. The van der Waals surface area contributed by atoms with Gasteiger partial charge in [0.25, 0.3) is 0 Å². The number of ether oxygens (including phenoxy) is 3. The average molecular weight is 324 g/mol. The van der Waals surface area contributed by atoms with Gasteiger partial charge in [-0.3, -0.25) is 4.79 Å². The monoisotopic (exact) mass is 324 g/mol. The summed E-state index contributed by atoms with van der Waals surface area (Å²) in [5.41, 5.74) is 0. The lowest BCUT2D eigenvalue weighted by molar-refractivity contribution is -0.119. The second-order valence-electron chi connectivity index (χ2n) is 3.09. The van der Waals surface area contributed by atoms with Crippen LogP contribution in [0.4, 0.5) is 14.4 Å². The molecule has 0 aromatic heterocycles. The van der Waals surface area contributed by atoms with Crippen LogP contribution < -0.4 is 21.3 Å². The highest BCUT2D eigenvalue weighted by atomic mass is 16.7. The van der Waals surface area contributed by atoms with Gasteiger partial charge >= 0.3 is 18.3 Å². The summed E-state index contributed by atoms with van der Waals surface area (Å²) in [5, 5.41) is 8.78. The normalized spacial score (nSPS) is 8.09. The van der Waals surface area contributed by atoms with Crippen molar-refractivity contribution >= 4 is 24.2 Å². The van der Waals surface area contributed by atoms with E-state index in [4.69, 9.17) is 0 Å². The third-order valence-electron chi connectivity index (χ3n) is 1.60. The third-order valence-corrected chi connectivity index (χ3v) is 1.60. The van der Waals surface area contributed by atoms with Crippen LogP contribution in [0, 0.1) is 0 Å². The molecule has 0 heterocycles. The van der Waals surface area contributed by atoms with Crippen molar-refractivity contribution in [2.45, 2.75) is 21.8 Å². The fourth-order valence-electron chi connectivity index (χ4n) is 0.740. The Morgan fingerprint density at radius 1 is 0.773 bits per heavy atom. The lowest BCUT2D eigenvalue weighted by Gasteiger charge is -2.09. The summed E-state index contributed by atoms with van der Waals surface area (Å²) in [6.07, 6.45) is -2.51. The van der Waals surface area contributed by atoms with Gasteiger partial charge in [-0.15, -0.1) is 0 Å². The smallest absolute Gasteiger partial charge is 0.411 e. The van der Waals surface area contributed by atoms with Gasteiger partial charge in [-0.25, -0.2) is 14.4 Å². The van der Waals surface area contributed by atoms with E-state index in [1.807, 2.05) is 0 Å². The first kappa shape index (κ1) is 24.3. The highest BCUT2D eigenvalue weighted by Gasteiger charge is 2.05. The average Bonchev–Trinajstić information content (AvgIpc) is 2.38. The van der Waals surface area contributed by atoms with E-state index in [2.05, 4.69) is 35.5 Å². The number of carbonyl (C=O) groups is 4. The first-order valence-electron chi connectivity index (χ1n) is 5.33. The minimum atomic E-state index is -0.906. The van der Waals surface area contributed by atoms with E-state index in [9.17, 15) is 19.2 Å². The van der Waals surface area contributed by atoms with Crippen molar-refractivity contribution in [3.05, 3.63) is 0 Å². The van der Waals surface area contributed by atoms with E-state index >= 15 is 0 Å². The maximum absolute atomic E-state index is 11.0. The molecule has 0 fully saturated rings. The molecule has 0 radical (unpaired) electrons. The van der Waals surface area contributed by atoms with E-state index in [1.165, 1.54) is 14.0 Å². The van der Waals surface area contributed by atoms with Crippen LogP contribution in [0.2, 0.25) is 0 Å². The minimum absolute atomic E-state index is 0. The van der Waals surface area contributed by atoms with Crippen molar-refractivity contribution in [1.82, 2.24) is 21.3 Å². The van der Waals surface area contributed by atoms with Gasteiger partial charge in [-0.05, 0) is 0 Å². The summed E-state index contributed by atoms with van der Waals surface area (Å²) in [5.74, 6) is -0.320. The van der Waals surface area contributed by atoms with Crippen LogP contribution in [0.15, 0.2) is 0 Å². The summed E-state index contributed by atoms with van der Waals surface area (Å²) >= 11 is 0. The fraction of sp³-hybridized carbons (Fsp3) is 0.636. The highest BCUT2D eigenvalue weighted by Crippen LogP contribution is 1.81. The molecule has 22 heavy (non-hydrogen) atoms. The van der Waals surface area contributed by atoms with Crippen LogP contribution in [0.3, 0.4) is 0 Å². The van der Waals surface area contributed by atoms with E-state index in [-0.39, 0.29) is 34.1 Å². The van der Waals surface area contributed by atoms with Gasteiger partial charge in [-0.1, -0.05) is 14.9 Å². The molecule has 4 amide bonds. The van der Waals surface area contributed by atoms with Crippen molar-refractivity contribution < 1.29 is 33.4 Å². The summed E-state index contributed by atoms with van der Waals surface area (Å²) in [6.45, 7) is 0.336. The molecular formula is C11H24N4O7. The van der Waals surface area contributed by atoms with Gasteiger partial charge in [0, 0.05) is 6.92 Å². The Hall–Kier alpha value is -2.72. The predicted molar refractivity (Wildman–Crippen MR) is 76.7 cm³/mol. The van der Waals surface area contributed by atoms with Crippen molar-refractivity contribution in [2.75, 3.05) is 27.2 Å². The van der Waals surface area contributed by atoms with Crippen LogP contribution >= 0.6 is 0 Å². The first-order chi connectivity index (χ1) is 9.45. The largest absolute Gasteiger partial charge is 0.453 e. The number of alkyl carbamates (subject to hydrolysis) is 3. The SMILES string of the molecule is C.C.COC(=O)NCNC(=O)OCOC(=O)NCNC(C)=O. The van der Waals surface area contributed by atoms with Gasteiger partial charge in [0.05, 0.1) is 20.4 Å². The van der Waals surface area contributed by atoms with Crippen molar-refractivity contribution in [1.29, 1.82) is 0 Å². The molecule has 0 aromatic rings. The Kier molecular flexibility index (Phi) is 16.2. The second-order valence-corrected chi connectivity index (χ2v) is 3.09. The van der Waals surface area contributed by atoms with Gasteiger partial charge in [0.2, 0.25) is 12.7 Å². The lowest BCUT2D eigenvalue weighted by Crippen LogP contribution is -2.39. The molecule has 11 nitrogen and oxygen atoms in total. The molecule has 0 saturated carbocycles. The van der Waals surface area contributed by atoms with Crippen LogP contribution in [-0.2, 0) is 19.0 Å². The molecule has 0 atom stereocenters. The molecule has 0 bridgehead atoms. The van der Waals surface area contributed by atoms with Gasteiger partial charge in [-0.2, -0.15) is 0 Å². The number of carbonyl (C=O) groups excluding carboxylic acids is 4. The van der Waals surface area contributed by atoms with E-state index in [1.54, 1.807) is 0 Å². The first-order valence-corrected chi connectivity index (χ1v) is 5.33. The van der Waals surface area contributed by atoms with Gasteiger partial charge in [0.15, 0.2) is 0 Å². The molecule has 0 unspecified atom stereocenters. The zero-order valence-corrected chi connectivity index (χ0v) is 11.0. The number of nitrogens with one attached hydrogen (secondary N) is 4. The minimum Gasteiger partial charge on any atom is -0.453 e. The van der Waals surface area contributed by atoms with E-state index < -0.39 is 25.1 Å². The predicted octanol–water partition coefficient (Wildman–Crippen LogP) is 0.0756. The molecular weight excluding hydrogens is 300 g/mol. The Balaban J connectivity index is -0.00000180. The molecule has 4 N–H and O–H groups in total. The quantitative estimate of drug-likeness (QED) is 0.506. The van der Waals surface area contributed by atoms with Crippen LogP contribution in [0.5, 0.6) is 0 Å². The summed E-state index contributed by atoms with van der Waals surface area (Å²) in [7, 11) is 1.17. The van der Waals surface area contributed by atoms with Crippen LogP contribution in [0.25, 0.3) is 0 Å². The Morgan fingerprint density at radius 3 is 1.59 bits per heavy atom. The summed E-state index contributed by atoms with van der Waals surface area (Å²) < 4.78 is 13.1. The number of hydrogen-bond acceptors (Lipinski definition) is 7. The zero-order valence-electron chi connectivity index (χ0n) is 11.0. The second kappa shape index (κ2) is 14.7. The Morgan fingerprint density at radius 2 is 1.18 bits per heavy atom. The maximum Gasteiger partial charge on any atom is 0.411 e. The van der Waals surface area contributed by atoms with E-state index in [0.717, 1.165) is 0 Å². The van der Waals surface area contributed by atoms with Crippen molar-refractivity contribution in [2.24, 2.45) is 0 Å². The van der Waals surface area contributed by atoms with Gasteiger partial charge < -0.3 is 35.5 Å². The molecule has 11 heteroatoms. The summed E-state index contributed by atoms with van der Waals surface area (Å²) in [4.78, 5) is 43.1. The van der Waals surface area contributed by atoms with Crippen molar-refractivity contribution in [3.8, 4) is 0 Å². The lowest BCUT2D eigenvalue weighted by atomic mass is 10.7. The standard InChI is InChI=1S/C9H16N4O7.2CH4/c1-6(14)10-3-12-8(16)19-5-20-9(17)13-4-11-7(15)18-2;;/h3-5H2,1-2H3,(H,10,14)(H,11,15)(H,12,16)(H,13,17);2*1H4. The maximum atomic E-state index is 11.0. The molecule has 0 saturated heterocycles. The number of methoxy groups -OCH3 is 1. The summed E-state index contributed by atoms with van der Waals surface area (Å²) in [6, 6.07) is 0. The topological polar surface area (TPSA) is 144 Å². The molecule has 0 aromatic carbocycles. The molecule has 0 spiro atoms.